The Labute approximate surface area is 141 Å². The third-order valence-electron chi connectivity index (χ3n) is 4.83. The zero-order valence-electron chi connectivity index (χ0n) is 14.2. The second-order valence-corrected chi connectivity index (χ2v) is 6.89. The molecule has 0 aliphatic carbocycles. The van der Waals surface area contributed by atoms with Crippen molar-refractivity contribution < 1.29 is 14.7 Å². The number of hydrogen-bond donors (Lipinski definition) is 2. The molecule has 24 heavy (non-hydrogen) atoms. The predicted octanol–water partition coefficient (Wildman–Crippen LogP) is 1.43. The van der Waals surface area contributed by atoms with Gasteiger partial charge in [-0.15, -0.1) is 0 Å². The lowest BCUT2D eigenvalue weighted by molar-refractivity contribution is -0.143. The fourth-order valence-corrected chi connectivity index (χ4v) is 3.62. The van der Waals surface area contributed by atoms with E-state index in [2.05, 4.69) is 15.4 Å². The van der Waals surface area contributed by atoms with Crippen LogP contribution in [0.15, 0.2) is 0 Å². The standard InChI is InChI=1S/C16H25N5O3/c1-3-13-18-14-12(5-4-6-21(14)19-13)17-16(24)20-8-10(2)7-11(9-20)15(22)23/h10-12H,3-9H2,1-2H3,(H,17,24)(H,22,23). The summed E-state index contributed by atoms with van der Waals surface area (Å²) in [4.78, 5) is 30.1. The Morgan fingerprint density at radius 3 is 2.88 bits per heavy atom. The molecule has 1 aromatic rings. The summed E-state index contributed by atoms with van der Waals surface area (Å²) in [7, 11) is 0. The third kappa shape index (κ3) is 3.37. The molecule has 1 fully saturated rings. The van der Waals surface area contributed by atoms with Gasteiger partial charge in [0, 0.05) is 26.1 Å². The van der Waals surface area contributed by atoms with E-state index in [-0.39, 0.29) is 24.5 Å². The number of nitrogens with one attached hydrogen (secondary N) is 1. The summed E-state index contributed by atoms with van der Waals surface area (Å²) >= 11 is 0. The molecule has 8 nitrogen and oxygen atoms in total. The molecule has 3 atom stereocenters. The number of aromatic nitrogens is 3. The van der Waals surface area contributed by atoms with E-state index in [0.717, 1.165) is 37.5 Å². The summed E-state index contributed by atoms with van der Waals surface area (Å²) in [5, 5.41) is 16.7. The number of carbonyl (C=O) groups excluding carboxylic acids is 1. The van der Waals surface area contributed by atoms with E-state index >= 15 is 0 Å². The first-order valence-corrected chi connectivity index (χ1v) is 8.69. The largest absolute Gasteiger partial charge is 0.481 e. The van der Waals surface area contributed by atoms with Crippen molar-refractivity contribution in [2.24, 2.45) is 11.8 Å². The third-order valence-corrected chi connectivity index (χ3v) is 4.83. The average molecular weight is 335 g/mol. The normalized spacial score (nSPS) is 26.8. The molecule has 2 N–H and O–H groups in total. The van der Waals surface area contributed by atoms with Crippen molar-refractivity contribution >= 4 is 12.0 Å². The molecule has 1 aromatic heterocycles. The maximum Gasteiger partial charge on any atom is 0.318 e. The van der Waals surface area contributed by atoms with Crippen molar-refractivity contribution in [3.05, 3.63) is 11.6 Å². The molecule has 3 rings (SSSR count). The molecule has 0 radical (unpaired) electrons. The molecule has 3 unspecified atom stereocenters. The molecule has 2 aliphatic rings. The van der Waals surface area contributed by atoms with E-state index in [1.807, 2.05) is 18.5 Å². The van der Waals surface area contributed by atoms with Gasteiger partial charge in [0.15, 0.2) is 5.82 Å². The van der Waals surface area contributed by atoms with Gasteiger partial charge in [-0.25, -0.2) is 14.5 Å². The molecule has 2 amide bonds. The monoisotopic (exact) mass is 335 g/mol. The number of likely N-dealkylation sites (tertiary alicyclic amines) is 1. The molecule has 0 aromatic carbocycles. The number of carboxylic acids is 1. The van der Waals surface area contributed by atoms with Crippen LogP contribution in [-0.4, -0.2) is 49.9 Å². The van der Waals surface area contributed by atoms with Crippen molar-refractivity contribution in [3.8, 4) is 0 Å². The van der Waals surface area contributed by atoms with Gasteiger partial charge in [-0.2, -0.15) is 5.10 Å². The molecular weight excluding hydrogens is 310 g/mol. The summed E-state index contributed by atoms with van der Waals surface area (Å²) < 4.78 is 1.88. The highest BCUT2D eigenvalue weighted by atomic mass is 16.4. The molecule has 0 bridgehead atoms. The molecule has 1 saturated heterocycles. The minimum atomic E-state index is -0.829. The number of carbonyl (C=O) groups is 2. The van der Waals surface area contributed by atoms with Gasteiger partial charge >= 0.3 is 12.0 Å². The van der Waals surface area contributed by atoms with E-state index in [0.29, 0.717) is 13.0 Å². The minimum Gasteiger partial charge on any atom is -0.481 e. The van der Waals surface area contributed by atoms with Crippen LogP contribution in [0.5, 0.6) is 0 Å². The Morgan fingerprint density at radius 1 is 1.38 bits per heavy atom. The van der Waals surface area contributed by atoms with E-state index in [1.54, 1.807) is 4.90 Å². The Kier molecular flexibility index (Phi) is 4.73. The highest BCUT2D eigenvalue weighted by molar-refractivity contribution is 5.77. The summed E-state index contributed by atoms with van der Waals surface area (Å²) in [5.74, 6) is 0.479. The highest BCUT2D eigenvalue weighted by Crippen LogP contribution is 2.25. The number of hydrogen-bond acceptors (Lipinski definition) is 4. The minimum absolute atomic E-state index is 0.153. The van der Waals surface area contributed by atoms with Gasteiger partial charge in [-0.05, 0) is 25.2 Å². The average Bonchev–Trinajstić information content (AvgIpc) is 2.98. The first kappa shape index (κ1) is 16.7. The Morgan fingerprint density at radius 2 is 2.17 bits per heavy atom. The van der Waals surface area contributed by atoms with Gasteiger partial charge in [0.2, 0.25) is 0 Å². The number of amides is 2. The predicted molar refractivity (Wildman–Crippen MR) is 86.4 cm³/mol. The van der Waals surface area contributed by atoms with Crippen LogP contribution in [0, 0.1) is 11.8 Å². The van der Waals surface area contributed by atoms with Crippen molar-refractivity contribution in [1.29, 1.82) is 0 Å². The maximum absolute atomic E-state index is 12.6. The molecule has 2 aliphatic heterocycles. The van der Waals surface area contributed by atoms with Crippen molar-refractivity contribution in [3.63, 3.8) is 0 Å². The fourth-order valence-electron chi connectivity index (χ4n) is 3.62. The number of rotatable bonds is 3. The van der Waals surface area contributed by atoms with Gasteiger partial charge in [0.05, 0.1) is 12.0 Å². The number of piperidine rings is 1. The Bertz CT molecular complexity index is 629. The molecule has 0 saturated carbocycles. The smallest absolute Gasteiger partial charge is 0.318 e. The molecule has 8 heteroatoms. The van der Waals surface area contributed by atoms with Crippen LogP contribution < -0.4 is 5.32 Å². The SMILES string of the molecule is CCc1nc2n(n1)CCCC2NC(=O)N1CC(C)CC(C(=O)O)C1. The van der Waals surface area contributed by atoms with Crippen LogP contribution in [-0.2, 0) is 17.8 Å². The fraction of sp³-hybridized carbons (Fsp3) is 0.750. The van der Waals surface area contributed by atoms with Gasteiger partial charge in [0.25, 0.3) is 0 Å². The summed E-state index contributed by atoms with van der Waals surface area (Å²) in [6.45, 7) is 5.69. The van der Waals surface area contributed by atoms with E-state index < -0.39 is 11.9 Å². The lowest BCUT2D eigenvalue weighted by Gasteiger charge is -2.36. The maximum atomic E-state index is 12.6. The lowest BCUT2D eigenvalue weighted by atomic mass is 9.91. The summed E-state index contributed by atoms with van der Waals surface area (Å²) in [6, 6.07) is -0.355. The zero-order chi connectivity index (χ0) is 17.3. The summed E-state index contributed by atoms with van der Waals surface area (Å²) in [6.07, 6.45) is 3.17. The topological polar surface area (TPSA) is 100 Å². The number of aryl methyl sites for hydroxylation is 2. The van der Waals surface area contributed by atoms with Crippen molar-refractivity contribution in [2.75, 3.05) is 13.1 Å². The molecular formula is C16H25N5O3. The van der Waals surface area contributed by atoms with Crippen LogP contribution in [0.25, 0.3) is 0 Å². The van der Waals surface area contributed by atoms with Gasteiger partial charge in [0.1, 0.15) is 5.82 Å². The molecule has 132 valence electrons. The van der Waals surface area contributed by atoms with Crippen LogP contribution >= 0.6 is 0 Å². The van der Waals surface area contributed by atoms with Crippen molar-refractivity contribution in [1.82, 2.24) is 25.0 Å². The first-order chi connectivity index (χ1) is 11.5. The number of nitrogens with zero attached hydrogens (tertiary/aromatic N) is 4. The second kappa shape index (κ2) is 6.78. The Hall–Kier alpha value is -2.12. The van der Waals surface area contributed by atoms with Crippen LogP contribution in [0.3, 0.4) is 0 Å². The second-order valence-electron chi connectivity index (χ2n) is 6.89. The lowest BCUT2D eigenvalue weighted by Crippen LogP contribution is -2.50. The molecule has 3 heterocycles. The summed E-state index contributed by atoms with van der Waals surface area (Å²) in [5.41, 5.74) is 0. The van der Waals surface area contributed by atoms with Gasteiger partial charge in [-0.3, -0.25) is 4.79 Å². The van der Waals surface area contributed by atoms with Gasteiger partial charge in [-0.1, -0.05) is 13.8 Å². The number of aliphatic carboxylic acids is 1. The van der Waals surface area contributed by atoms with Gasteiger partial charge < -0.3 is 15.3 Å². The van der Waals surface area contributed by atoms with E-state index in [4.69, 9.17) is 0 Å². The quantitative estimate of drug-likeness (QED) is 0.870. The Balaban J connectivity index is 1.69. The van der Waals surface area contributed by atoms with Crippen LogP contribution in [0.1, 0.15) is 50.8 Å². The van der Waals surface area contributed by atoms with E-state index in [1.165, 1.54) is 0 Å². The zero-order valence-corrected chi connectivity index (χ0v) is 14.2. The first-order valence-electron chi connectivity index (χ1n) is 8.69. The van der Waals surface area contributed by atoms with Crippen LogP contribution in [0.4, 0.5) is 4.79 Å². The number of urea groups is 1. The van der Waals surface area contributed by atoms with Crippen molar-refractivity contribution in [2.45, 2.75) is 52.1 Å². The van der Waals surface area contributed by atoms with E-state index in [9.17, 15) is 14.7 Å². The number of fused-ring (bicyclic) bond motifs is 1. The van der Waals surface area contributed by atoms with Crippen LogP contribution in [0.2, 0.25) is 0 Å². The highest BCUT2D eigenvalue weighted by Gasteiger charge is 2.33. The number of carboxylic acid groups (broad SMARTS) is 1. The molecule has 0 spiro atoms.